The van der Waals surface area contributed by atoms with Gasteiger partial charge in [-0.05, 0) is 57.8 Å². The van der Waals surface area contributed by atoms with Crippen LogP contribution in [0.3, 0.4) is 0 Å². The minimum absolute atomic E-state index is 0.255. The molecular formula is C36H60O8. The minimum Gasteiger partial charge on any atom is -0.481 e. The second kappa shape index (κ2) is 36.4. The summed E-state index contributed by atoms with van der Waals surface area (Å²) in [4.78, 5) is 29.5. The van der Waals surface area contributed by atoms with Crippen LogP contribution in [0.2, 0.25) is 0 Å². The number of hydrogen-bond acceptors (Lipinski definition) is 6. The van der Waals surface area contributed by atoms with Crippen LogP contribution in [-0.4, -0.2) is 44.9 Å². The summed E-state index contributed by atoms with van der Waals surface area (Å²) in [6.45, 7) is 4.17. The second-order valence-corrected chi connectivity index (χ2v) is 10.5. The van der Waals surface area contributed by atoms with E-state index in [0.717, 1.165) is 96.3 Å². The van der Waals surface area contributed by atoms with Crippen molar-refractivity contribution in [1.29, 1.82) is 0 Å². The van der Waals surface area contributed by atoms with Crippen molar-refractivity contribution < 1.29 is 40.1 Å². The van der Waals surface area contributed by atoms with Crippen molar-refractivity contribution in [3.05, 3.63) is 72.9 Å². The fourth-order valence-corrected chi connectivity index (χ4v) is 4.01. The zero-order valence-corrected chi connectivity index (χ0v) is 27.2. The molecule has 0 bridgehead atoms. The van der Waals surface area contributed by atoms with Gasteiger partial charge in [0.2, 0.25) is 0 Å². The zero-order chi connectivity index (χ0) is 32.9. The Labute approximate surface area is 266 Å². The van der Waals surface area contributed by atoms with E-state index in [1.165, 1.54) is 0 Å². The van der Waals surface area contributed by atoms with Crippen LogP contribution in [0.15, 0.2) is 72.9 Å². The van der Waals surface area contributed by atoms with Crippen LogP contribution in [0, 0.1) is 0 Å². The maximum atomic E-state index is 10.4. The van der Waals surface area contributed by atoms with Gasteiger partial charge in [0.15, 0.2) is 0 Å². The van der Waals surface area contributed by atoms with Gasteiger partial charge in [-0.3, -0.25) is 20.1 Å². The Morgan fingerprint density at radius 1 is 0.568 bits per heavy atom. The maximum absolute atomic E-state index is 10.4. The van der Waals surface area contributed by atoms with Crippen LogP contribution >= 0.6 is 0 Å². The standard InChI is InChI=1S/2C18H30O4/c1-2-3-11-14-17(22-21)15-12-9-7-5-4-6-8-10-13-16-18(19)20;1-2-3-4-5-6-8-11-14-17(22-21)15-12-9-7-10-13-16-18(19)20/h3,7,9,11-12,15,17,21H,2,4-6,8,10,13-14,16H2,1H3,(H,19,20);3-4,6,8,11,14,17,21H,2,5,7,9-10,12-13,15-16H2,1H3,(H,19,20)/b9-7-,11-3-,15-12+;4-3-,8-6-,14-11+. The first-order valence-electron chi connectivity index (χ1n) is 16.4. The van der Waals surface area contributed by atoms with Crippen LogP contribution in [0.1, 0.15) is 129 Å². The molecule has 8 heteroatoms. The predicted molar refractivity (Wildman–Crippen MR) is 180 cm³/mol. The highest BCUT2D eigenvalue weighted by atomic mass is 17.1. The molecule has 8 nitrogen and oxygen atoms in total. The van der Waals surface area contributed by atoms with Gasteiger partial charge in [-0.1, -0.05) is 132 Å². The quantitative estimate of drug-likeness (QED) is 0.0223. The van der Waals surface area contributed by atoms with Crippen LogP contribution in [-0.2, 0) is 19.4 Å². The van der Waals surface area contributed by atoms with Gasteiger partial charge < -0.3 is 10.2 Å². The van der Waals surface area contributed by atoms with E-state index in [1.807, 2.05) is 48.6 Å². The third kappa shape index (κ3) is 37.2. The molecule has 0 aliphatic heterocycles. The van der Waals surface area contributed by atoms with E-state index in [4.69, 9.17) is 20.7 Å². The monoisotopic (exact) mass is 620 g/mol. The lowest BCUT2D eigenvalue weighted by Gasteiger charge is -2.08. The highest BCUT2D eigenvalue weighted by Gasteiger charge is 2.04. The summed E-state index contributed by atoms with van der Waals surface area (Å²) in [6.07, 6.45) is 39.1. The average molecular weight is 621 g/mol. The predicted octanol–water partition coefficient (Wildman–Crippen LogP) is 10.3. The van der Waals surface area contributed by atoms with E-state index in [-0.39, 0.29) is 25.0 Å². The first kappa shape index (κ1) is 43.3. The lowest BCUT2D eigenvalue weighted by atomic mass is 10.1. The Kier molecular flexibility index (Phi) is 35.9. The molecule has 0 amide bonds. The van der Waals surface area contributed by atoms with Gasteiger partial charge in [0.25, 0.3) is 0 Å². The number of unbranched alkanes of at least 4 members (excludes halogenated alkanes) is 9. The smallest absolute Gasteiger partial charge is 0.303 e. The maximum Gasteiger partial charge on any atom is 0.303 e. The van der Waals surface area contributed by atoms with Gasteiger partial charge in [0.05, 0.1) is 0 Å². The normalized spacial score (nSPS) is 13.5. The van der Waals surface area contributed by atoms with Crippen LogP contribution < -0.4 is 0 Å². The summed E-state index contributed by atoms with van der Waals surface area (Å²) in [5.74, 6) is -1.43. The number of carboxylic acid groups (broad SMARTS) is 2. The molecule has 2 unspecified atom stereocenters. The molecule has 0 saturated carbocycles. The van der Waals surface area contributed by atoms with E-state index in [1.54, 1.807) is 0 Å². The molecule has 252 valence electrons. The average Bonchev–Trinajstić information content (AvgIpc) is 3.00. The first-order chi connectivity index (χ1) is 21.4. The molecule has 0 aromatic rings. The topological polar surface area (TPSA) is 134 Å². The van der Waals surface area contributed by atoms with E-state index >= 15 is 0 Å². The fraction of sp³-hybridized carbons (Fsp3) is 0.611. The number of hydrogen-bond donors (Lipinski definition) is 4. The molecule has 0 spiro atoms. The largest absolute Gasteiger partial charge is 0.481 e. The van der Waals surface area contributed by atoms with E-state index in [0.29, 0.717) is 6.42 Å². The summed E-state index contributed by atoms with van der Waals surface area (Å²) >= 11 is 0. The molecular weight excluding hydrogens is 560 g/mol. The highest BCUT2D eigenvalue weighted by molar-refractivity contribution is 5.66. The molecule has 0 radical (unpaired) electrons. The molecule has 0 saturated heterocycles. The van der Waals surface area contributed by atoms with Gasteiger partial charge in [-0.2, -0.15) is 0 Å². The van der Waals surface area contributed by atoms with Crippen molar-refractivity contribution in [2.75, 3.05) is 0 Å². The molecule has 44 heavy (non-hydrogen) atoms. The molecule has 2 atom stereocenters. The zero-order valence-electron chi connectivity index (χ0n) is 27.2. The SMILES string of the molecule is CC/C=C\C/C=C\C=C\C(CCCCCCCC(=O)O)OO.CC/C=C\CC(/C=C/C=C\CCCCCCCC(=O)O)OO. The Balaban J connectivity index is 0. The Morgan fingerprint density at radius 2 is 1.07 bits per heavy atom. The van der Waals surface area contributed by atoms with Crippen molar-refractivity contribution in [3.63, 3.8) is 0 Å². The summed E-state index contributed by atoms with van der Waals surface area (Å²) < 4.78 is 0. The van der Waals surface area contributed by atoms with Gasteiger partial charge in [0.1, 0.15) is 12.2 Å². The van der Waals surface area contributed by atoms with Crippen molar-refractivity contribution in [1.82, 2.24) is 0 Å². The Bertz CT molecular complexity index is 826. The molecule has 0 aromatic heterocycles. The van der Waals surface area contributed by atoms with E-state index < -0.39 is 11.9 Å². The fourth-order valence-electron chi connectivity index (χ4n) is 4.01. The molecule has 0 aliphatic rings. The van der Waals surface area contributed by atoms with E-state index in [9.17, 15) is 9.59 Å². The van der Waals surface area contributed by atoms with Gasteiger partial charge >= 0.3 is 11.9 Å². The Morgan fingerprint density at radius 3 is 1.64 bits per heavy atom. The molecule has 0 heterocycles. The Hall–Kier alpha value is -2.78. The lowest BCUT2D eigenvalue weighted by Crippen LogP contribution is -2.06. The van der Waals surface area contributed by atoms with Gasteiger partial charge in [-0.25, -0.2) is 9.78 Å². The molecule has 0 fully saturated rings. The van der Waals surface area contributed by atoms with Crippen LogP contribution in [0.5, 0.6) is 0 Å². The third-order valence-corrected chi connectivity index (χ3v) is 6.50. The summed E-state index contributed by atoms with van der Waals surface area (Å²) in [5, 5.41) is 34.6. The number of aliphatic carboxylic acids is 2. The van der Waals surface area contributed by atoms with Crippen LogP contribution in [0.4, 0.5) is 0 Å². The van der Waals surface area contributed by atoms with Crippen LogP contribution in [0.25, 0.3) is 0 Å². The van der Waals surface area contributed by atoms with Gasteiger partial charge in [0, 0.05) is 12.8 Å². The van der Waals surface area contributed by atoms with Crippen molar-refractivity contribution in [2.24, 2.45) is 0 Å². The number of carboxylic acids is 2. The third-order valence-electron chi connectivity index (χ3n) is 6.50. The number of allylic oxidation sites excluding steroid dienone is 9. The number of rotatable bonds is 28. The summed E-state index contributed by atoms with van der Waals surface area (Å²) in [7, 11) is 0. The molecule has 4 N–H and O–H groups in total. The molecule has 0 aliphatic carbocycles. The summed E-state index contributed by atoms with van der Waals surface area (Å²) in [5.41, 5.74) is 0. The van der Waals surface area contributed by atoms with Crippen molar-refractivity contribution >= 4 is 11.9 Å². The number of carbonyl (C=O) groups is 2. The molecule has 0 aromatic carbocycles. The van der Waals surface area contributed by atoms with Crippen molar-refractivity contribution in [2.45, 2.75) is 142 Å². The summed E-state index contributed by atoms with van der Waals surface area (Å²) in [6, 6.07) is 0. The minimum atomic E-state index is -0.725. The van der Waals surface area contributed by atoms with Crippen molar-refractivity contribution in [3.8, 4) is 0 Å². The highest BCUT2D eigenvalue weighted by Crippen LogP contribution is 2.11. The lowest BCUT2D eigenvalue weighted by molar-refractivity contribution is -0.267. The molecule has 0 rings (SSSR count). The first-order valence-corrected chi connectivity index (χ1v) is 16.4. The van der Waals surface area contributed by atoms with Gasteiger partial charge in [-0.15, -0.1) is 0 Å². The van der Waals surface area contributed by atoms with E-state index in [2.05, 4.69) is 47.9 Å². The second-order valence-electron chi connectivity index (χ2n) is 10.5.